The van der Waals surface area contributed by atoms with Gasteiger partial charge in [0.05, 0.1) is 17.4 Å². The quantitative estimate of drug-likeness (QED) is 0.482. The van der Waals surface area contributed by atoms with Crippen LogP contribution < -0.4 is 16.6 Å². The van der Waals surface area contributed by atoms with Gasteiger partial charge in [0.15, 0.2) is 0 Å². The van der Waals surface area contributed by atoms with Crippen molar-refractivity contribution in [1.82, 2.24) is 24.1 Å². The van der Waals surface area contributed by atoms with Crippen molar-refractivity contribution in [2.24, 2.45) is 0 Å². The van der Waals surface area contributed by atoms with E-state index in [1.165, 1.54) is 25.8 Å². The third-order valence-electron chi connectivity index (χ3n) is 5.03. The van der Waals surface area contributed by atoms with Gasteiger partial charge in [-0.25, -0.2) is 18.3 Å². The minimum absolute atomic E-state index is 0.00399. The molecule has 1 N–H and O–H groups in total. The van der Waals surface area contributed by atoms with Crippen molar-refractivity contribution < 1.29 is 9.18 Å². The lowest BCUT2D eigenvalue weighted by Gasteiger charge is -2.11. The van der Waals surface area contributed by atoms with Crippen LogP contribution in [0.2, 0.25) is 5.02 Å². The number of aromatic nitrogens is 4. The van der Waals surface area contributed by atoms with Crippen LogP contribution in [-0.4, -0.2) is 30.7 Å². The number of aryl methyl sites for hydroxylation is 1. The number of benzene rings is 2. The maximum atomic E-state index is 13.4. The number of amides is 1. The summed E-state index contributed by atoms with van der Waals surface area (Å²) in [7, 11) is 0. The van der Waals surface area contributed by atoms with Gasteiger partial charge in [0.25, 0.3) is 5.56 Å². The van der Waals surface area contributed by atoms with E-state index in [4.69, 9.17) is 11.6 Å². The Bertz CT molecular complexity index is 1450. The topological polar surface area (TPSA) is 90.4 Å². The summed E-state index contributed by atoms with van der Waals surface area (Å²) in [5.74, 6) is -0.576. The summed E-state index contributed by atoms with van der Waals surface area (Å²) in [6.45, 7) is 3.75. The number of nitrogens with zero attached hydrogens (tertiary/aromatic N) is 4. The van der Waals surface area contributed by atoms with Crippen LogP contribution in [0.5, 0.6) is 0 Å². The van der Waals surface area contributed by atoms with Crippen LogP contribution in [0.4, 0.5) is 4.39 Å². The van der Waals surface area contributed by atoms with Crippen LogP contribution in [0.1, 0.15) is 25.8 Å². The number of carbonyl (C=O) groups excluding carboxylic acids is 1. The van der Waals surface area contributed by atoms with E-state index in [-0.39, 0.29) is 47.8 Å². The zero-order valence-electron chi connectivity index (χ0n) is 17.5. The van der Waals surface area contributed by atoms with E-state index >= 15 is 0 Å². The molecule has 0 saturated heterocycles. The van der Waals surface area contributed by atoms with Crippen molar-refractivity contribution >= 4 is 34.2 Å². The fourth-order valence-electron chi connectivity index (χ4n) is 3.59. The van der Waals surface area contributed by atoms with Gasteiger partial charge in [0.2, 0.25) is 11.7 Å². The molecule has 10 heteroatoms. The summed E-state index contributed by atoms with van der Waals surface area (Å²) in [6, 6.07) is 10.6. The first-order valence-electron chi connectivity index (χ1n) is 10.1. The van der Waals surface area contributed by atoms with Crippen LogP contribution in [0.25, 0.3) is 16.7 Å². The molecule has 2 aromatic heterocycles. The second-order valence-corrected chi connectivity index (χ2v) is 8.16. The molecule has 8 nitrogen and oxygen atoms in total. The Morgan fingerprint density at radius 1 is 1.19 bits per heavy atom. The third kappa shape index (κ3) is 4.03. The molecule has 32 heavy (non-hydrogen) atoms. The molecule has 4 rings (SSSR count). The van der Waals surface area contributed by atoms with Gasteiger partial charge < -0.3 is 5.32 Å². The van der Waals surface area contributed by atoms with Crippen molar-refractivity contribution in [1.29, 1.82) is 0 Å². The molecule has 0 aliphatic rings. The molecule has 2 heterocycles. The van der Waals surface area contributed by atoms with Crippen LogP contribution in [0.3, 0.4) is 0 Å². The highest BCUT2D eigenvalue weighted by Gasteiger charge is 2.18. The van der Waals surface area contributed by atoms with Crippen molar-refractivity contribution in [3.8, 4) is 0 Å². The average molecular weight is 458 g/mol. The molecule has 0 aliphatic carbocycles. The predicted molar refractivity (Wildman–Crippen MR) is 120 cm³/mol. The van der Waals surface area contributed by atoms with Crippen LogP contribution in [0, 0.1) is 5.82 Å². The summed E-state index contributed by atoms with van der Waals surface area (Å²) < 4.78 is 17.2. The molecule has 1 amide bonds. The molecular weight excluding hydrogens is 437 g/mol. The highest BCUT2D eigenvalue weighted by Crippen LogP contribution is 2.18. The molecule has 0 unspecified atom stereocenters. The van der Waals surface area contributed by atoms with E-state index in [9.17, 15) is 18.8 Å². The first-order valence-corrected chi connectivity index (χ1v) is 10.5. The lowest BCUT2D eigenvalue weighted by molar-refractivity contribution is -0.121. The van der Waals surface area contributed by atoms with Gasteiger partial charge in [-0.05, 0) is 43.7 Å². The first-order chi connectivity index (χ1) is 15.3. The number of para-hydroxylation sites is 1. The van der Waals surface area contributed by atoms with E-state index < -0.39 is 11.5 Å². The molecule has 2 aromatic carbocycles. The fraction of sp³-hybridized carbons (Fsp3) is 0.273. The second kappa shape index (κ2) is 8.58. The van der Waals surface area contributed by atoms with E-state index in [0.717, 1.165) is 6.07 Å². The van der Waals surface area contributed by atoms with Gasteiger partial charge in [-0.2, -0.15) is 0 Å². The highest BCUT2D eigenvalue weighted by molar-refractivity contribution is 6.31. The monoisotopic (exact) mass is 457 g/mol. The Morgan fingerprint density at radius 2 is 1.94 bits per heavy atom. The Balaban J connectivity index is 1.86. The standard InChI is InChI=1S/C22H21ClFN5O3/c1-13(2)25-19(30)9-10-27-20(31)16-5-3-4-6-18(16)29-21(27)26-28(22(29)32)12-14-7-8-15(24)11-17(14)23/h3-8,11,13H,9-10,12H2,1-2H3,(H,25,30). The Kier molecular flexibility index (Phi) is 5.84. The Labute approximate surface area is 186 Å². The molecular formula is C22H21ClFN5O3. The number of halogens is 2. The molecule has 166 valence electrons. The number of fused-ring (bicyclic) bond motifs is 3. The van der Waals surface area contributed by atoms with E-state index in [2.05, 4.69) is 10.4 Å². The number of hydrogen-bond acceptors (Lipinski definition) is 4. The maximum Gasteiger partial charge on any atom is 0.352 e. The normalized spacial score (nSPS) is 11.5. The smallest absolute Gasteiger partial charge is 0.352 e. The zero-order chi connectivity index (χ0) is 23.0. The van der Waals surface area contributed by atoms with Crippen LogP contribution in [-0.2, 0) is 17.9 Å². The number of rotatable bonds is 6. The minimum atomic E-state index is -0.486. The molecule has 0 radical (unpaired) electrons. The van der Waals surface area contributed by atoms with Gasteiger partial charge in [-0.3, -0.25) is 14.2 Å². The lowest BCUT2D eigenvalue weighted by Crippen LogP contribution is -2.32. The SMILES string of the molecule is CC(C)NC(=O)CCn1c(=O)c2ccccc2n2c(=O)n(Cc3ccc(F)cc3Cl)nc12. The second-order valence-electron chi connectivity index (χ2n) is 7.76. The molecule has 0 bridgehead atoms. The van der Waals surface area contributed by atoms with Crippen molar-refractivity contribution in [2.75, 3.05) is 0 Å². The highest BCUT2D eigenvalue weighted by atomic mass is 35.5. The molecule has 0 atom stereocenters. The van der Waals surface area contributed by atoms with Gasteiger partial charge in [0.1, 0.15) is 5.82 Å². The summed E-state index contributed by atoms with van der Waals surface area (Å²) in [4.78, 5) is 38.5. The number of hydrogen-bond donors (Lipinski definition) is 1. The van der Waals surface area contributed by atoms with Crippen LogP contribution in [0.15, 0.2) is 52.1 Å². The summed E-state index contributed by atoms with van der Waals surface area (Å²) in [5, 5.41) is 7.66. The average Bonchev–Trinajstić information content (AvgIpc) is 3.05. The summed E-state index contributed by atoms with van der Waals surface area (Å²) in [6.07, 6.45) is 0.0525. The van der Waals surface area contributed by atoms with Crippen molar-refractivity contribution in [3.05, 3.63) is 79.7 Å². The number of carbonyl (C=O) groups is 1. The zero-order valence-corrected chi connectivity index (χ0v) is 18.3. The lowest BCUT2D eigenvalue weighted by atomic mass is 10.2. The van der Waals surface area contributed by atoms with Gasteiger partial charge in [-0.15, -0.1) is 5.10 Å². The number of nitrogens with one attached hydrogen (secondary N) is 1. The van der Waals surface area contributed by atoms with Gasteiger partial charge in [0, 0.05) is 24.0 Å². The Hall–Kier alpha value is -3.46. The molecule has 0 spiro atoms. The minimum Gasteiger partial charge on any atom is -0.354 e. The van der Waals surface area contributed by atoms with E-state index in [0.29, 0.717) is 16.5 Å². The van der Waals surface area contributed by atoms with E-state index in [1.807, 2.05) is 13.8 Å². The summed E-state index contributed by atoms with van der Waals surface area (Å²) >= 11 is 6.12. The van der Waals surface area contributed by atoms with Crippen molar-refractivity contribution in [3.63, 3.8) is 0 Å². The van der Waals surface area contributed by atoms with Gasteiger partial charge in [-0.1, -0.05) is 29.8 Å². The van der Waals surface area contributed by atoms with Crippen molar-refractivity contribution in [2.45, 2.75) is 39.4 Å². The Morgan fingerprint density at radius 3 is 2.66 bits per heavy atom. The van der Waals surface area contributed by atoms with Gasteiger partial charge >= 0.3 is 5.69 Å². The summed E-state index contributed by atoms with van der Waals surface area (Å²) in [5.41, 5.74) is 0.101. The molecule has 0 saturated carbocycles. The molecule has 4 aromatic rings. The third-order valence-corrected chi connectivity index (χ3v) is 5.38. The molecule has 0 aliphatic heterocycles. The fourth-order valence-corrected chi connectivity index (χ4v) is 3.82. The van der Waals surface area contributed by atoms with E-state index in [1.54, 1.807) is 24.3 Å². The largest absolute Gasteiger partial charge is 0.354 e. The predicted octanol–water partition coefficient (Wildman–Crippen LogP) is 2.57. The van der Waals surface area contributed by atoms with Crippen LogP contribution >= 0.6 is 11.6 Å². The maximum absolute atomic E-state index is 13.4. The first kappa shape index (κ1) is 21.8. The molecule has 0 fully saturated rings.